The first-order valence-corrected chi connectivity index (χ1v) is 9.04. The Morgan fingerprint density at radius 3 is 2.54 bits per heavy atom. The quantitative estimate of drug-likeness (QED) is 0.629. The highest BCUT2D eigenvalue weighted by Crippen LogP contribution is 2.21. The van der Waals surface area contributed by atoms with Crippen molar-refractivity contribution in [1.82, 2.24) is 10.6 Å². The van der Waals surface area contributed by atoms with E-state index < -0.39 is 36.4 Å². The first kappa shape index (κ1) is 21.4. The molecule has 0 fully saturated rings. The minimum atomic E-state index is -1.23. The Morgan fingerprint density at radius 2 is 1.86 bits per heavy atom. The number of hydrogen-bond donors (Lipinski definition) is 2. The van der Waals surface area contributed by atoms with E-state index in [2.05, 4.69) is 26.6 Å². The predicted molar refractivity (Wildman–Crippen MR) is 102 cm³/mol. The normalized spacial score (nSPS) is 11.2. The van der Waals surface area contributed by atoms with E-state index in [0.29, 0.717) is 4.47 Å². The summed E-state index contributed by atoms with van der Waals surface area (Å²) in [5.41, 5.74) is 0.863. The molecule has 3 amide bonds. The Bertz CT molecular complexity index is 847. The Labute approximate surface area is 169 Å². The second kappa shape index (κ2) is 10.4. The van der Waals surface area contributed by atoms with Gasteiger partial charge in [-0.3, -0.25) is 10.1 Å². The number of esters is 1. The number of carbonyl (C=O) groups excluding carboxylic acids is 3. The molecule has 0 saturated carbocycles. The second-order valence-corrected chi connectivity index (χ2v) is 6.57. The molecule has 9 heteroatoms. The Kier molecular flexibility index (Phi) is 7.94. The zero-order valence-corrected chi connectivity index (χ0v) is 16.5. The summed E-state index contributed by atoms with van der Waals surface area (Å²) in [6, 6.07) is 12.5. The summed E-state index contributed by atoms with van der Waals surface area (Å²) in [5.74, 6) is -2.45. The summed E-state index contributed by atoms with van der Waals surface area (Å²) in [6.07, 6.45) is -1.23. The number of hydrogen-bond acceptors (Lipinski definition) is 5. The van der Waals surface area contributed by atoms with Gasteiger partial charge in [0.05, 0.1) is 0 Å². The van der Waals surface area contributed by atoms with Crippen molar-refractivity contribution in [2.45, 2.75) is 19.6 Å². The van der Waals surface area contributed by atoms with Crippen LogP contribution in [0.3, 0.4) is 0 Å². The number of amides is 3. The maximum atomic E-state index is 13.6. The van der Waals surface area contributed by atoms with Crippen molar-refractivity contribution in [2.24, 2.45) is 0 Å². The third-order valence-electron chi connectivity index (χ3n) is 3.45. The molecule has 0 heterocycles. The Balaban J connectivity index is 1.73. The van der Waals surface area contributed by atoms with Gasteiger partial charge in [0.25, 0.3) is 5.91 Å². The average Bonchev–Trinajstić information content (AvgIpc) is 2.66. The smallest absolute Gasteiger partial charge is 0.344 e. The molecule has 0 aliphatic heterocycles. The van der Waals surface area contributed by atoms with E-state index in [9.17, 15) is 18.8 Å². The number of imide groups is 1. The van der Waals surface area contributed by atoms with E-state index in [1.807, 2.05) is 30.3 Å². The van der Waals surface area contributed by atoms with Gasteiger partial charge in [-0.05, 0) is 30.7 Å². The molecular formula is C19H18BrFN2O5. The van der Waals surface area contributed by atoms with Crippen LogP contribution < -0.4 is 15.4 Å². The van der Waals surface area contributed by atoms with Crippen LogP contribution >= 0.6 is 15.9 Å². The lowest BCUT2D eigenvalue weighted by Crippen LogP contribution is -2.44. The summed E-state index contributed by atoms with van der Waals surface area (Å²) in [7, 11) is 0. The monoisotopic (exact) mass is 452 g/mol. The van der Waals surface area contributed by atoms with Crippen LogP contribution in [-0.2, 0) is 20.9 Å². The minimum Gasteiger partial charge on any atom is -0.479 e. The van der Waals surface area contributed by atoms with E-state index in [1.54, 1.807) is 6.07 Å². The van der Waals surface area contributed by atoms with Crippen LogP contribution in [0.15, 0.2) is 53.0 Å². The zero-order valence-electron chi connectivity index (χ0n) is 14.9. The third kappa shape index (κ3) is 6.99. The van der Waals surface area contributed by atoms with Crippen molar-refractivity contribution in [3.8, 4) is 5.75 Å². The maximum absolute atomic E-state index is 13.6. The highest BCUT2D eigenvalue weighted by molar-refractivity contribution is 9.10. The van der Waals surface area contributed by atoms with Crippen LogP contribution in [0, 0.1) is 5.82 Å². The summed E-state index contributed by atoms with van der Waals surface area (Å²) in [6.45, 7) is 0.953. The average molecular weight is 453 g/mol. The first-order valence-electron chi connectivity index (χ1n) is 8.25. The van der Waals surface area contributed by atoms with Gasteiger partial charge in [-0.1, -0.05) is 46.3 Å². The summed E-state index contributed by atoms with van der Waals surface area (Å²) < 4.78 is 24.0. The molecule has 2 aromatic rings. The topological polar surface area (TPSA) is 93.7 Å². The number of halogens is 2. The van der Waals surface area contributed by atoms with Gasteiger partial charge in [0, 0.05) is 11.0 Å². The largest absolute Gasteiger partial charge is 0.479 e. The van der Waals surface area contributed by atoms with Crippen molar-refractivity contribution >= 4 is 33.8 Å². The number of rotatable bonds is 7. The molecule has 0 radical (unpaired) electrons. The SMILES string of the molecule is CC(OC(=O)COc1ccc(Br)cc1F)C(=O)NC(=O)NCc1ccccc1. The lowest BCUT2D eigenvalue weighted by molar-refractivity contribution is -0.156. The van der Waals surface area contributed by atoms with E-state index in [0.717, 1.165) is 5.56 Å². The zero-order chi connectivity index (χ0) is 20.5. The van der Waals surface area contributed by atoms with Gasteiger partial charge in [-0.2, -0.15) is 0 Å². The first-order chi connectivity index (χ1) is 13.3. The molecule has 7 nitrogen and oxygen atoms in total. The minimum absolute atomic E-state index is 0.127. The Morgan fingerprint density at radius 1 is 1.14 bits per heavy atom. The van der Waals surface area contributed by atoms with Gasteiger partial charge in [-0.25, -0.2) is 14.0 Å². The fourth-order valence-corrected chi connectivity index (χ4v) is 2.38. The number of carbonyl (C=O) groups is 3. The van der Waals surface area contributed by atoms with E-state index in [-0.39, 0.29) is 12.3 Å². The number of nitrogens with one attached hydrogen (secondary N) is 2. The van der Waals surface area contributed by atoms with Gasteiger partial charge in [-0.15, -0.1) is 0 Å². The lowest BCUT2D eigenvalue weighted by atomic mass is 10.2. The van der Waals surface area contributed by atoms with E-state index >= 15 is 0 Å². The van der Waals surface area contributed by atoms with Crippen LogP contribution in [0.25, 0.3) is 0 Å². The second-order valence-electron chi connectivity index (χ2n) is 5.65. The van der Waals surface area contributed by atoms with Gasteiger partial charge in [0.1, 0.15) is 0 Å². The van der Waals surface area contributed by atoms with Gasteiger partial charge >= 0.3 is 12.0 Å². The van der Waals surface area contributed by atoms with Crippen LogP contribution in [0.2, 0.25) is 0 Å². The molecule has 0 saturated heterocycles. The molecular weight excluding hydrogens is 435 g/mol. The highest BCUT2D eigenvalue weighted by atomic mass is 79.9. The van der Waals surface area contributed by atoms with E-state index in [1.165, 1.54) is 19.1 Å². The van der Waals surface area contributed by atoms with Crippen LogP contribution in [0.4, 0.5) is 9.18 Å². The summed E-state index contributed by atoms with van der Waals surface area (Å²) in [5, 5.41) is 4.59. The predicted octanol–water partition coefficient (Wildman–Crippen LogP) is 2.92. The standard InChI is InChI=1S/C19H18BrFN2O5/c1-12(18(25)23-19(26)22-10-13-5-3-2-4-6-13)28-17(24)11-27-16-8-7-14(20)9-15(16)21/h2-9,12H,10-11H2,1H3,(H2,22,23,25,26). The summed E-state index contributed by atoms with van der Waals surface area (Å²) >= 11 is 3.10. The Hall–Kier alpha value is -2.94. The molecule has 2 N–H and O–H groups in total. The molecule has 0 aliphatic rings. The number of ether oxygens (including phenoxy) is 2. The molecule has 0 spiro atoms. The highest BCUT2D eigenvalue weighted by Gasteiger charge is 2.20. The van der Waals surface area contributed by atoms with Crippen LogP contribution in [0.5, 0.6) is 5.75 Å². The lowest BCUT2D eigenvalue weighted by Gasteiger charge is -2.14. The molecule has 1 atom stereocenters. The maximum Gasteiger partial charge on any atom is 0.344 e. The van der Waals surface area contributed by atoms with Crippen molar-refractivity contribution in [3.05, 3.63) is 64.4 Å². The molecule has 0 aromatic heterocycles. The van der Waals surface area contributed by atoms with Crippen LogP contribution in [-0.4, -0.2) is 30.6 Å². The molecule has 0 aliphatic carbocycles. The molecule has 2 aromatic carbocycles. The molecule has 2 rings (SSSR count). The van der Waals surface area contributed by atoms with Crippen LogP contribution in [0.1, 0.15) is 12.5 Å². The van der Waals surface area contributed by atoms with Crippen molar-refractivity contribution in [2.75, 3.05) is 6.61 Å². The van der Waals surface area contributed by atoms with Crippen molar-refractivity contribution in [1.29, 1.82) is 0 Å². The number of urea groups is 1. The van der Waals surface area contributed by atoms with Crippen molar-refractivity contribution in [3.63, 3.8) is 0 Å². The number of benzene rings is 2. The molecule has 1 unspecified atom stereocenters. The molecule has 28 heavy (non-hydrogen) atoms. The summed E-state index contributed by atoms with van der Waals surface area (Å²) in [4.78, 5) is 35.4. The van der Waals surface area contributed by atoms with Gasteiger partial charge < -0.3 is 14.8 Å². The fraction of sp³-hybridized carbons (Fsp3) is 0.211. The third-order valence-corrected chi connectivity index (χ3v) is 3.94. The van der Waals surface area contributed by atoms with Gasteiger partial charge in [0.15, 0.2) is 24.3 Å². The molecule has 148 valence electrons. The fourth-order valence-electron chi connectivity index (χ4n) is 2.05. The molecule has 0 bridgehead atoms. The van der Waals surface area contributed by atoms with Crippen molar-refractivity contribution < 1.29 is 28.2 Å². The van der Waals surface area contributed by atoms with Gasteiger partial charge in [0.2, 0.25) is 0 Å². The van der Waals surface area contributed by atoms with E-state index in [4.69, 9.17) is 9.47 Å².